The predicted octanol–water partition coefficient (Wildman–Crippen LogP) is 1.81. The first-order valence-electron chi connectivity index (χ1n) is 10.8. The zero-order valence-electron chi connectivity index (χ0n) is 19.6. The fraction of sp³-hybridized carbons (Fsp3) is 0.952. The van der Waals surface area contributed by atoms with Crippen LogP contribution in [-0.2, 0) is 28.5 Å². The van der Waals surface area contributed by atoms with Crippen molar-refractivity contribution in [2.24, 2.45) is 5.92 Å². The molecular formula is C21H45FN2O6. The van der Waals surface area contributed by atoms with Gasteiger partial charge in [0.2, 0.25) is 6.41 Å². The van der Waals surface area contributed by atoms with E-state index in [4.69, 9.17) is 23.7 Å². The number of amides is 1. The van der Waals surface area contributed by atoms with Gasteiger partial charge in [0.1, 0.15) is 6.17 Å². The highest BCUT2D eigenvalue weighted by Gasteiger charge is 2.04. The molecule has 0 aromatic heterocycles. The first kappa shape index (κ1) is 31.3. The number of rotatable bonds is 21. The van der Waals surface area contributed by atoms with Gasteiger partial charge < -0.3 is 34.3 Å². The maximum atomic E-state index is 13.1. The van der Waals surface area contributed by atoms with Gasteiger partial charge in [-0.25, -0.2) is 4.39 Å². The molecular weight excluding hydrogens is 395 g/mol. The van der Waals surface area contributed by atoms with E-state index in [1.165, 1.54) is 0 Å². The Hall–Kier alpha value is -0.840. The molecule has 0 aromatic rings. The molecule has 182 valence electrons. The molecule has 0 aliphatic heterocycles. The number of carbonyl (C=O) groups excluding carboxylic acids is 1. The van der Waals surface area contributed by atoms with Gasteiger partial charge in [0, 0.05) is 12.6 Å². The van der Waals surface area contributed by atoms with Crippen LogP contribution in [-0.4, -0.2) is 97.8 Å². The van der Waals surface area contributed by atoms with E-state index in [9.17, 15) is 9.18 Å². The quantitative estimate of drug-likeness (QED) is 0.208. The van der Waals surface area contributed by atoms with Gasteiger partial charge in [-0.15, -0.1) is 0 Å². The van der Waals surface area contributed by atoms with Crippen molar-refractivity contribution < 1.29 is 32.9 Å². The van der Waals surface area contributed by atoms with E-state index >= 15 is 0 Å². The third-order valence-electron chi connectivity index (χ3n) is 3.01. The summed E-state index contributed by atoms with van der Waals surface area (Å²) >= 11 is 0. The van der Waals surface area contributed by atoms with Gasteiger partial charge in [-0.2, -0.15) is 0 Å². The minimum atomic E-state index is -1.20. The molecule has 8 nitrogen and oxygen atoms in total. The Kier molecular flexibility index (Phi) is 27.4. The highest BCUT2D eigenvalue weighted by atomic mass is 19.1. The molecule has 30 heavy (non-hydrogen) atoms. The van der Waals surface area contributed by atoms with Crippen LogP contribution in [0.15, 0.2) is 0 Å². The predicted molar refractivity (Wildman–Crippen MR) is 117 cm³/mol. The molecule has 0 aliphatic rings. The van der Waals surface area contributed by atoms with Crippen molar-refractivity contribution in [3.05, 3.63) is 0 Å². The minimum Gasteiger partial charge on any atom is -0.378 e. The highest BCUT2D eigenvalue weighted by molar-refractivity contribution is 5.45. The van der Waals surface area contributed by atoms with Gasteiger partial charge in [-0.3, -0.25) is 4.79 Å². The summed E-state index contributed by atoms with van der Waals surface area (Å²) in [4.78, 5) is 9.99. The number of halogens is 1. The second kappa shape index (κ2) is 26.2. The normalized spacial score (nSPS) is 12.0. The van der Waals surface area contributed by atoms with Gasteiger partial charge in [0.05, 0.1) is 72.6 Å². The van der Waals surface area contributed by atoms with E-state index in [0.717, 1.165) is 12.5 Å². The van der Waals surface area contributed by atoms with Crippen molar-refractivity contribution in [2.75, 3.05) is 79.2 Å². The summed E-state index contributed by atoms with van der Waals surface area (Å²) in [5, 5.41) is 5.52. The van der Waals surface area contributed by atoms with Gasteiger partial charge in [0.15, 0.2) is 0 Å². The van der Waals surface area contributed by atoms with Crippen molar-refractivity contribution >= 4 is 6.41 Å². The van der Waals surface area contributed by atoms with Crippen molar-refractivity contribution in [1.29, 1.82) is 0 Å². The third kappa shape index (κ3) is 34.7. The van der Waals surface area contributed by atoms with Crippen molar-refractivity contribution in [2.45, 2.75) is 46.8 Å². The molecule has 1 unspecified atom stereocenters. The van der Waals surface area contributed by atoms with Crippen LogP contribution >= 0.6 is 0 Å². The highest BCUT2D eigenvalue weighted by Crippen LogP contribution is 1.90. The second-order valence-corrected chi connectivity index (χ2v) is 7.49. The van der Waals surface area contributed by atoms with Crippen LogP contribution in [0.4, 0.5) is 4.39 Å². The van der Waals surface area contributed by atoms with Crippen LogP contribution in [0.25, 0.3) is 0 Å². The lowest BCUT2D eigenvalue weighted by atomic mass is 10.3. The average molecular weight is 441 g/mol. The van der Waals surface area contributed by atoms with E-state index < -0.39 is 6.17 Å². The third-order valence-corrected chi connectivity index (χ3v) is 3.01. The van der Waals surface area contributed by atoms with E-state index in [2.05, 4.69) is 45.3 Å². The molecule has 0 saturated heterocycles. The SMILES string of the molecule is CC(C)C.CC(C)NCCOCCOCCOCCOCCOCC(F)CNC=O. The molecule has 0 heterocycles. The maximum Gasteiger partial charge on any atom is 0.207 e. The van der Waals surface area contributed by atoms with Gasteiger partial charge in [0.25, 0.3) is 0 Å². The first-order valence-corrected chi connectivity index (χ1v) is 10.8. The smallest absolute Gasteiger partial charge is 0.207 e. The molecule has 0 bridgehead atoms. The number of hydrogen-bond donors (Lipinski definition) is 2. The Labute approximate surface area is 182 Å². The van der Waals surface area contributed by atoms with E-state index in [1.807, 2.05) is 0 Å². The second-order valence-electron chi connectivity index (χ2n) is 7.49. The van der Waals surface area contributed by atoms with Crippen molar-refractivity contribution in [3.8, 4) is 0 Å². The Morgan fingerprint density at radius 2 is 1.13 bits per heavy atom. The Morgan fingerprint density at radius 1 is 0.733 bits per heavy atom. The van der Waals surface area contributed by atoms with E-state index in [1.54, 1.807) is 0 Å². The summed E-state index contributed by atoms with van der Waals surface area (Å²) < 4.78 is 39.6. The standard InChI is InChI=1S/C17H35FN2O6.C4H10/c1-16(2)20-3-4-22-5-6-23-7-8-24-9-10-25-11-12-26-14-17(18)13-19-15-21;1-4(2)3/h15-17,20H,3-14H2,1-2H3,(H,19,21);4H,1-3H3. The maximum absolute atomic E-state index is 13.1. The Balaban J connectivity index is 0. The van der Waals surface area contributed by atoms with Crippen LogP contribution in [0.5, 0.6) is 0 Å². The van der Waals surface area contributed by atoms with Crippen LogP contribution in [0, 0.1) is 5.92 Å². The minimum absolute atomic E-state index is 0.0399. The summed E-state index contributed by atoms with van der Waals surface area (Å²) in [6, 6.07) is 0.475. The van der Waals surface area contributed by atoms with Gasteiger partial charge in [-0.05, 0) is 5.92 Å². The number of carbonyl (C=O) groups is 1. The number of nitrogens with one attached hydrogen (secondary N) is 2. The zero-order chi connectivity index (χ0) is 22.9. The molecule has 0 aliphatic carbocycles. The van der Waals surface area contributed by atoms with Crippen molar-refractivity contribution in [3.63, 3.8) is 0 Å². The number of hydrogen-bond acceptors (Lipinski definition) is 7. The van der Waals surface area contributed by atoms with E-state index in [-0.39, 0.29) is 13.2 Å². The summed E-state index contributed by atoms with van der Waals surface area (Å²) in [7, 11) is 0. The fourth-order valence-electron chi connectivity index (χ4n) is 1.75. The fourth-order valence-corrected chi connectivity index (χ4v) is 1.75. The lowest BCUT2D eigenvalue weighted by Gasteiger charge is -2.10. The molecule has 1 amide bonds. The lowest BCUT2D eigenvalue weighted by Crippen LogP contribution is -2.27. The monoisotopic (exact) mass is 440 g/mol. The van der Waals surface area contributed by atoms with E-state index in [0.29, 0.717) is 71.9 Å². The molecule has 2 N–H and O–H groups in total. The summed E-state index contributed by atoms with van der Waals surface area (Å²) in [5.74, 6) is 0.833. The van der Waals surface area contributed by atoms with Gasteiger partial charge >= 0.3 is 0 Å². The molecule has 0 spiro atoms. The summed E-state index contributed by atoms with van der Waals surface area (Å²) in [6.07, 6.45) is -0.744. The Bertz CT molecular complexity index is 336. The molecule has 0 radical (unpaired) electrons. The van der Waals surface area contributed by atoms with Gasteiger partial charge in [-0.1, -0.05) is 34.6 Å². The Morgan fingerprint density at radius 3 is 1.53 bits per heavy atom. The molecule has 0 rings (SSSR count). The summed E-state index contributed by atoms with van der Waals surface area (Å²) in [6.45, 7) is 15.9. The molecule has 1 atom stereocenters. The molecule has 0 saturated carbocycles. The van der Waals surface area contributed by atoms with Crippen LogP contribution < -0.4 is 10.6 Å². The topological polar surface area (TPSA) is 87.3 Å². The molecule has 9 heteroatoms. The first-order chi connectivity index (χ1) is 14.4. The zero-order valence-corrected chi connectivity index (χ0v) is 19.6. The lowest BCUT2D eigenvalue weighted by molar-refractivity contribution is -0.109. The average Bonchev–Trinajstić information content (AvgIpc) is 2.68. The summed E-state index contributed by atoms with van der Waals surface area (Å²) in [5.41, 5.74) is 0. The van der Waals surface area contributed by atoms with Crippen molar-refractivity contribution in [1.82, 2.24) is 10.6 Å². The van der Waals surface area contributed by atoms with Crippen LogP contribution in [0.3, 0.4) is 0 Å². The number of ether oxygens (including phenoxy) is 5. The molecule has 0 aromatic carbocycles. The molecule has 0 fully saturated rings. The van der Waals surface area contributed by atoms with Crippen LogP contribution in [0.1, 0.15) is 34.6 Å². The van der Waals surface area contributed by atoms with Crippen LogP contribution in [0.2, 0.25) is 0 Å². The number of alkyl halides is 1. The largest absolute Gasteiger partial charge is 0.378 e.